The third-order valence-corrected chi connectivity index (χ3v) is 5.10. The van der Waals surface area contributed by atoms with Crippen LogP contribution in [0.5, 0.6) is 0 Å². The average molecular weight is 309 g/mol. The molecule has 1 unspecified atom stereocenters. The Morgan fingerprint density at radius 3 is 2.45 bits per heavy atom. The lowest BCUT2D eigenvalue weighted by Gasteiger charge is -2.35. The smallest absolute Gasteiger partial charge is 0.189 e. The van der Waals surface area contributed by atoms with E-state index in [0.717, 1.165) is 25.5 Å². The number of carbonyl (C=O) groups is 1. The molecule has 0 bridgehead atoms. The monoisotopic (exact) mass is 309 g/mol. The molecule has 0 aromatic rings. The molecule has 2 rings (SSSR count). The summed E-state index contributed by atoms with van der Waals surface area (Å²) < 4.78 is 6.04. The molecular formula is C17H31N3O2. The first-order chi connectivity index (χ1) is 10.7. The maximum atomic E-state index is 11.9. The first-order valence-electron chi connectivity index (χ1n) is 8.76. The van der Waals surface area contributed by atoms with Crippen molar-refractivity contribution in [2.75, 3.05) is 13.7 Å². The summed E-state index contributed by atoms with van der Waals surface area (Å²) in [7, 11) is 1.64. The molecule has 0 aliphatic heterocycles. The van der Waals surface area contributed by atoms with Gasteiger partial charge in [-0.25, -0.2) is 0 Å². The number of rotatable bonds is 7. The number of carbonyl (C=O) groups excluding carboxylic acids is 1. The van der Waals surface area contributed by atoms with Crippen LogP contribution in [0.2, 0.25) is 0 Å². The molecule has 2 saturated carbocycles. The lowest BCUT2D eigenvalue weighted by Crippen LogP contribution is -2.57. The molecule has 3 N–H and O–H groups in total. The van der Waals surface area contributed by atoms with Gasteiger partial charge in [0, 0.05) is 7.05 Å². The van der Waals surface area contributed by atoms with Crippen LogP contribution in [-0.4, -0.2) is 37.5 Å². The number of hydrogen-bond acceptors (Lipinski definition) is 3. The van der Waals surface area contributed by atoms with E-state index in [2.05, 4.69) is 10.3 Å². The zero-order valence-corrected chi connectivity index (χ0v) is 13.9. The van der Waals surface area contributed by atoms with Crippen molar-refractivity contribution >= 4 is 12.2 Å². The standard InChI is InChI=1S/C17H31N3O2/c1-19-16(18)20-17(12-21,11-14-7-3-2-4-8-14)13-22-15-9-5-6-10-15/h12,14-15H,2-11,13H2,1H3,(H3,18,19,20). The number of aldehydes is 1. The van der Waals surface area contributed by atoms with E-state index in [1.54, 1.807) is 7.05 Å². The minimum atomic E-state index is -0.728. The van der Waals surface area contributed by atoms with Gasteiger partial charge in [0.1, 0.15) is 11.8 Å². The zero-order chi connectivity index (χ0) is 15.8. The van der Waals surface area contributed by atoms with Crippen LogP contribution >= 0.6 is 0 Å². The maximum Gasteiger partial charge on any atom is 0.189 e. The van der Waals surface area contributed by atoms with Gasteiger partial charge >= 0.3 is 0 Å². The van der Waals surface area contributed by atoms with Gasteiger partial charge in [0.15, 0.2) is 5.96 Å². The number of aliphatic imine (C=N–C) groups is 1. The van der Waals surface area contributed by atoms with Crippen LogP contribution < -0.4 is 11.1 Å². The summed E-state index contributed by atoms with van der Waals surface area (Å²) in [6.45, 7) is 0.397. The van der Waals surface area contributed by atoms with Gasteiger partial charge in [0.05, 0.1) is 12.7 Å². The molecule has 5 nitrogen and oxygen atoms in total. The van der Waals surface area contributed by atoms with E-state index in [1.807, 2.05) is 0 Å². The van der Waals surface area contributed by atoms with Crippen LogP contribution in [0.15, 0.2) is 4.99 Å². The SMILES string of the molecule is CN=C(N)NC(C=O)(COC1CCCC1)CC1CCCCC1. The summed E-state index contributed by atoms with van der Waals surface area (Å²) in [5.41, 5.74) is 5.12. The second-order valence-corrected chi connectivity index (χ2v) is 6.93. The molecule has 1 atom stereocenters. The summed E-state index contributed by atoms with van der Waals surface area (Å²) >= 11 is 0. The number of nitrogens with one attached hydrogen (secondary N) is 1. The molecular weight excluding hydrogens is 278 g/mol. The Balaban J connectivity index is 2.00. The third-order valence-electron chi connectivity index (χ3n) is 5.10. The van der Waals surface area contributed by atoms with E-state index < -0.39 is 5.54 Å². The Kier molecular flexibility index (Phi) is 6.68. The van der Waals surface area contributed by atoms with Crippen molar-refractivity contribution < 1.29 is 9.53 Å². The summed E-state index contributed by atoms with van der Waals surface area (Å²) in [6.07, 6.45) is 13.0. The van der Waals surface area contributed by atoms with E-state index in [0.29, 0.717) is 24.6 Å². The van der Waals surface area contributed by atoms with E-state index in [4.69, 9.17) is 10.5 Å². The predicted octanol–water partition coefficient (Wildman–Crippen LogP) is 2.39. The summed E-state index contributed by atoms with van der Waals surface area (Å²) in [5.74, 6) is 0.890. The van der Waals surface area contributed by atoms with Gasteiger partial charge in [-0.05, 0) is 25.2 Å². The fraction of sp³-hybridized carbons (Fsp3) is 0.882. The average Bonchev–Trinajstić information content (AvgIpc) is 3.07. The topological polar surface area (TPSA) is 76.7 Å². The first-order valence-corrected chi connectivity index (χ1v) is 8.76. The van der Waals surface area contributed by atoms with E-state index in [9.17, 15) is 4.79 Å². The summed E-state index contributed by atoms with van der Waals surface area (Å²) in [6, 6.07) is 0. The van der Waals surface area contributed by atoms with Crippen molar-refractivity contribution in [1.29, 1.82) is 0 Å². The Labute approximate surface area is 134 Å². The molecule has 0 radical (unpaired) electrons. The summed E-state index contributed by atoms with van der Waals surface area (Å²) in [5, 5.41) is 3.14. The van der Waals surface area contributed by atoms with Crippen molar-refractivity contribution in [2.24, 2.45) is 16.6 Å². The van der Waals surface area contributed by atoms with Crippen LogP contribution in [0.1, 0.15) is 64.2 Å². The minimum Gasteiger partial charge on any atom is -0.375 e. The van der Waals surface area contributed by atoms with E-state index in [-0.39, 0.29) is 0 Å². The Morgan fingerprint density at radius 1 is 1.23 bits per heavy atom. The molecule has 5 heteroatoms. The highest BCUT2D eigenvalue weighted by atomic mass is 16.5. The van der Waals surface area contributed by atoms with Gasteiger partial charge in [-0.2, -0.15) is 0 Å². The van der Waals surface area contributed by atoms with Crippen LogP contribution in [0.3, 0.4) is 0 Å². The second-order valence-electron chi connectivity index (χ2n) is 6.93. The highest BCUT2D eigenvalue weighted by molar-refractivity contribution is 5.83. The normalized spacial score (nSPS) is 24.1. The van der Waals surface area contributed by atoms with Gasteiger partial charge < -0.3 is 20.6 Å². The van der Waals surface area contributed by atoms with Crippen LogP contribution in [0.4, 0.5) is 0 Å². The highest BCUT2D eigenvalue weighted by Gasteiger charge is 2.35. The van der Waals surface area contributed by atoms with E-state index in [1.165, 1.54) is 44.9 Å². The molecule has 2 aliphatic rings. The molecule has 0 heterocycles. The lowest BCUT2D eigenvalue weighted by molar-refractivity contribution is -0.117. The van der Waals surface area contributed by atoms with Gasteiger partial charge in [0.25, 0.3) is 0 Å². The molecule has 0 saturated heterocycles. The Morgan fingerprint density at radius 2 is 1.86 bits per heavy atom. The third kappa shape index (κ3) is 4.97. The van der Waals surface area contributed by atoms with Gasteiger partial charge in [-0.15, -0.1) is 0 Å². The van der Waals surface area contributed by atoms with Crippen LogP contribution in [0, 0.1) is 5.92 Å². The zero-order valence-electron chi connectivity index (χ0n) is 13.9. The second kappa shape index (κ2) is 8.51. The van der Waals surface area contributed by atoms with Crippen molar-refractivity contribution in [3.63, 3.8) is 0 Å². The van der Waals surface area contributed by atoms with Crippen molar-refractivity contribution in [1.82, 2.24) is 5.32 Å². The number of nitrogens with zero attached hydrogens (tertiary/aromatic N) is 1. The highest BCUT2D eigenvalue weighted by Crippen LogP contribution is 2.31. The number of ether oxygens (including phenoxy) is 1. The molecule has 0 aromatic heterocycles. The molecule has 2 aliphatic carbocycles. The number of hydrogen-bond donors (Lipinski definition) is 2. The number of nitrogens with two attached hydrogens (primary N) is 1. The van der Waals surface area contributed by atoms with Gasteiger partial charge in [0.2, 0.25) is 0 Å². The first kappa shape index (κ1) is 17.3. The van der Waals surface area contributed by atoms with Crippen molar-refractivity contribution in [3.05, 3.63) is 0 Å². The molecule has 0 amide bonds. The molecule has 0 aromatic carbocycles. The molecule has 0 spiro atoms. The van der Waals surface area contributed by atoms with Crippen molar-refractivity contribution in [3.8, 4) is 0 Å². The minimum absolute atomic E-state index is 0.298. The molecule has 126 valence electrons. The fourth-order valence-electron chi connectivity index (χ4n) is 3.80. The van der Waals surface area contributed by atoms with E-state index >= 15 is 0 Å². The van der Waals surface area contributed by atoms with Gasteiger partial charge in [-0.1, -0.05) is 44.9 Å². The predicted molar refractivity (Wildman–Crippen MR) is 88.9 cm³/mol. The molecule has 22 heavy (non-hydrogen) atoms. The Hall–Kier alpha value is -1.10. The lowest BCUT2D eigenvalue weighted by atomic mass is 9.80. The fourth-order valence-corrected chi connectivity index (χ4v) is 3.80. The summed E-state index contributed by atoms with van der Waals surface area (Å²) in [4.78, 5) is 15.9. The van der Waals surface area contributed by atoms with Crippen molar-refractivity contribution in [2.45, 2.75) is 75.9 Å². The quantitative estimate of drug-likeness (QED) is 0.430. The number of guanidine groups is 1. The largest absolute Gasteiger partial charge is 0.375 e. The Bertz CT molecular complexity index is 374. The van der Waals surface area contributed by atoms with Gasteiger partial charge in [-0.3, -0.25) is 4.99 Å². The van der Waals surface area contributed by atoms with Crippen LogP contribution in [-0.2, 0) is 9.53 Å². The molecule has 2 fully saturated rings. The maximum absolute atomic E-state index is 11.9. The van der Waals surface area contributed by atoms with Crippen LogP contribution in [0.25, 0.3) is 0 Å².